The molecule has 0 radical (unpaired) electrons. The van der Waals surface area contributed by atoms with Crippen molar-refractivity contribution < 1.29 is 4.42 Å². The summed E-state index contributed by atoms with van der Waals surface area (Å²) in [5.74, 6) is 1.45. The molecule has 0 spiro atoms. The highest BCUT2D eigenvalue weighted by Crippen LogP contribution is 2.24. The van der Waals surface area contributed by atoms with Crippen molar-refractivity contribution in [3.05, 3.63) is 29.7 Å². The van der Waals surface area contributed by atoms with E-state index < -0.39 is 0 Å². The summed E-state index contributed by atoms with van der Waals surface area (Å²) in [5.41, 5.74) is 8.45. The van der Waals surface area contributed by atoms with E-state index in [1.165, 1.54) is 0 Å². The molecule has 0 bridgehead atoms. The van der Waals surface area contributed by atoms with Gasteiger partial charge in [0.15, 0.2) is 0 Å². The Labute approximate surface area is 94.5 Å². The van der Waals surface area contributed by atoms with E-state index in [4.69, 9.17) is 10.2 Å². The number of anilines is 1. The molecule has 1 aromatic carbocycles. The molecule has 0 fully saturated rings. The molecule has 0 amide bonds. The van der Waals surface area contributed by atoms with Gasteiger partial charge in [0.1, 0.15) is 0 Å². The molecule has 2 rings (SSSR count). The predicted octanol–water partition coefficient (Wildman–Crippen LogP) is 2.75. The van der Waals surface area contributed by atoms with Crippen molar-refractivity contribution in [3.63, 3.8) is 0 Å². The van der Waals surface area contributed by atoms with Gasteiger partial charge in [-0.25, -0.2) is 0 Å². The van der Waals surface area contributed by atoms with Gasteiger partial charge in [0, 0.05) is 17.2 Å². The summed E-state index contributed by atoms with van der Waals surface area (Å²) in [6.45, 7) is 6.00. The molecule has 1 aromatic heterocycles. The van der Waals surface area contributed by atoms with E-state index in [2.05, 4.69) is 10.2 Å². The van der Waals surface area contributed by atoms with Crippen LogP contribution in [-0.4, -0.2) is 10.2 Å². The smallest absolute Gasteiger partial charge is 0.247 e. The number of hydrogen-bond acceptors (Lipinski definition) is 4. The van der Waals surface area contributed by atoms with Crippen LogP contribution in [0.5, 0.6) is 0 Å². The first-order valence-electron chi connectivity index (χ1n) is 5.28. The molecule has 0 atom stereocenters. The van der Waals surface area contributed by atoms with Crippen molar-refractivity contribution in [2.24, 2.45) is 0 Å². The van der Waals surface area contributed by atoms with E-state index in [1.807, 2.05) is 39.0 Å². The van der Waals surface area contributed by atoms with Gasteiger partial charge in [-0.1, -0.05) is 13.8 Å². The maximum absolute atomic E-state index is 5.75. The fraction of sp³-hybridized carbons (Fsp3) is 0.333. The molecule has 2 aromatic rings. The lowest BCUT2D eigenvalue weighted by molar-refractivity contribution is 0.481. The third kappa shape index (κ3) is 1.91. The molecule has 1 heterocycles. The lowest BCUT2D eigenvalue weighted by atomic mass is 10.1. The van der Waals surface area contributed by atoms with Gasteiger partial charge in [-0.2, -0.15) is 0 Å². The average molecular weight is 217 g/mol. The normalized spacial score (nSPS) is 11.0. The highest BCUT2D eigenvalue weighted by molar-refractivity contribution is 5.60. The van der Waals surface area contributed by atoms with Crippen LogP contribution in [0.25, 0.3) is 11.5 Å². The molecule has 16 heavy (non-hydrogen) atoms. The van der Waals surface area contributed by atoms with Crippen LogP contribution in [0.4, 0.5) is 5.69 Å². The van der Waals surface area contributed by atoms with Crippen molar-refractivity contribution in [1.29, 1.82) is 0 Å². The number of nitrogens with two attached hydrogens (primary N) is 1. The van der Waals surface area contributed by atoms with Gasteiger partial charge in [0.2, 0.25) is 11.8 Å². The quantitative estimate of drug-likeness (QED) is 0.785. The zero-order chi connectivity index (χ0) is 11.7. The minimum Gasteiger partial charge on any atom is -0.420 e. The van der Waals surface area contributed by atoms with Crippen LogP contribution in [0.2, 0.25) is 0 Å². The van der Waals surface area contributed by atoms with Crippen molar-refractivity contribution in [2.45, 2.75) is 26.7 Å². The Morgan fingerprint density at radius 2 is 2.00 bits per heavy atom. The third-order valence-corrected chi connectivity index (χ3v) is 2.45. The lowest BCUT2D eigenvalue weighted by Crippen LogP contribution is -1.89. The molecule has 0 unspecified atom stereocenters. The highest BCUT2D eigenvalue weighted by atomic mass is 16.4. The standard InChI is InChI=1S/C12H15N3O/c1-7(2)11-14-15-12(16-11)9-4-5-10(13)8(3)6-9/h4-7H,13H2,1-3H3. The summed E-state index contributed by atoms with van der Waals surface area (Å²) in [6, 6.07) is 5.69. The van der Waals surface area contributed by atoms with Crippen LogP contribution in [0.15, 0.2) is 22.6 Å². The number of aromatic nitrogens is 2. The van der Waals surface area contributed by atoms with E-state index in [0.29, 0.717) is 11.8 Å². The number of nitrogens with zero attached hydrogens (tertiary/aromatic N) is 2. The van der Waals surface area contributed by atoms with E-state index in [-0.39, 0.29) is 5.92 Å². The van der Waals surface area contributed by atoms with Crippen molar-refractivity contribution >= 4 is 5.69 Å². The summed E-state index contributed by atoms with van der Waals surface area (Å²) >= 11 is 0. The van der Waals surface area contributed by atoms with Crippen molar-refractivity contribution in [2.75, 3.05) is 5.73 Å². The van der Waals surface area contributed by atoms with E-state index >= 15 is 0 Å². The average Bonchev–Trinajstić information content (AvgIpc) is 2.71. The minimum absolute atomic E-state index is 0.246. The molecule has 0 saturated carbocycles. The summed E-state index contributed by atoms with van der Waals surface area (Å²) < 4.78 is 5.56. The molecular weight excluding hydrogens is 202 g/mol. The first-order valence-corrected chi connectivity index (χ1v) is 5.28. The third-order valence-electron chi connectivity index (χ3n) is 2.45. The van der Waals surface area contributed by atoms with Crippen LogP contribution < -0.4 is 5.73 Å². The zero-order valence-electron chi connectivity index (χ0n) is 9.69. The Hall–Kier alpha value is -1.84. The Kier molecular flexibility index (Phi) is 2.64. The highest BCUT2D eigenvalue weighted by Gasteiger charge is 2.11. The molecule has 84 valence electrons. The Bertz CT molecular complexity index is 503. The molecule has 0 aliphatic rings. The van der Waals surface area contributed by atoms with Crippen LogP contribution in [0.3, 0.4) is 0 Å². The van der Waals surface area contributed by atoms with E-state index in [1.54, 1.807) is 0 Å². The fourth-order valence-corrected chi connectivity index (χ4v) is 1.39. The van der Waals surface area contributed by atoms with Gasteiger partial charge in [-0.15, -0.1) is 10.2 Å². The van der Waals surface area contributed by atoms with Gasteiger partial charge < -0.3 is 10.2 Å². The largest absolute Gasteiger partial charge is 0.420 e. The summed E-state index contributed by atoms with van der Waals surface area (Å²) in [4.78, 5) is 0. The number of nitrogen functional groups attached to an aromatic ring is 1. The van der Waals surface area contributed by atoms with Crippen LogP contribution in [0, 0.1) is 6.92 Å². The second-order valence-corrected chi connectivity index (χ2v) is 4.17. The molecule has 4 nitrogen and oxygen atoms in total. The topological polar surface area (TPSA) is 64.9 Å². The molecule has 0 aliphatic heterocycles. The number of hydrogen-bond donors (Lipinski definition) is 1. The first-order chi connectivity index (χ1) is 7.58. The van der Waals surface area contributed by atoms with Crippen molar-refractivity contribution in [1.82, 2.24) is 10.2 Å². The summed E-state index contributed by atoms with van der Waals surface area (Å²) in [7, 11) is 0. The van der Waals surface area contributed by atoms with E-state index in [0.717, 1.165) is 16.8 Å². The van der Waals surface area contributed by atoms with Crippen LogP contribution in [-0.2, 0) is 0 Å². The Balaban J connectivity index is 2.39. The fourth-order valence-electron chi connectivity index (χ4n) is 1.39. The van der Waals surface area contributed by atoms with Gasteiger partial charge in [0.05, 0.1) is 0 Å². The minimum atomic E-state index is 0.246. The molecule has 4 heteroatoms. The number of aryl methyl sites for hydroxylation is 1. The SMILES string of the molecule is Cc1cc(-c2nnc(C(C)C)o2)ccc1N. The molecule has 0 aliphatic carbocycles. The van der Waals surface area contributed by atoms with E-state index in [9.17, 15) is 0 Å². The van der Waals surface area contributed by atoms with Crippen LogP contribution >= 0.6 is 0 Å². The van der Waals surface area contributed by atoms with Gasteiger partial charge >= 0.3 is 0 Å². The second-order valence-electron chi connectivity index (χ2n) is 4.17. The number of benzene rings is 1. The Morgan fingerprint density at radius 1 is 1.25 bits per heavy atom. The first kappa shape index (κ1) is 10.7. The molecular formula is C12H15N3O. The second kappa shape index (κ2) is 3.96. The van der Waals surface area contributed by atoms with Gasteiger partial charge in [-0.05, 0) is 30.7 Å². The van der Waals surface area contributed by atoms with Crippen LogP contribution in [0.1, 0.15) is 31.2 Å². The monoisotopic (exact) mass is 217 g/mol. The predicted molar refractivity (Wildman–Crippen MR) is 63.0 cm³/mol. The van der Waals surface area contributed by atoms with Gasteiger partial charge in [-0.3, -0.25) is 0 Å². The lowest BCUT2D eigenvalue weighted by Gasteiger charge is -2.01. The summed E-state index contributed by atoms with van der Waals surface area (Å²) in [5, 5.41) is 8.02. The maximum Gasteiger partial charge on any atom is 0.247 e. The zero-order valence-corrected chi connectivity index (χ0v) is 9.69. The van der Waals surface area contributed by atoms with Crippen molar-refractivity contribution in [3.8, 4) is 11.5 Å². The number of rotatable bonds is 2. The molecule has 0 saturated heterocycles. The Morgan fingerprint density at radius 3 is 2.56 bits per heavy atom. The maximum atomic E-state index is 5.75. The summed E-state index contributed by atoms with van der Waals surface area (Å²) in [6.07, 6.45) is 0. The molecule has 2 N–H and O–H groups in total. The van der Waals surface area contributed by atoms with Gasteiger partial charge in [0.25, 0.3) is 0 Å².